The van der Waals surface area contributed by atoms with Gasteiger partial charge in [0.2, 0.25) is 0 Å². The maximum atomic E-state index is 12.8. The van der Waals surface area contributed by atoms with Crippen molar-refractivity contribution in [3.8, 4) is 11.1 Å². The van der Waals surface area contributed by atoms with E-state index in [1.807, 2.05) is 0 Å². The van der Waals surface area contributed by atoms with Gasteiger partial charge in [0.05, 0.1) is 0 Å². The molecule has 0 bridgehead atoms. The summed E-state index contributed by atoms with van der Waals surface area (Å²) in [4.78, 5) is -0.142. The molecule has 0 aliphatic rings. The summed E-state index contributed by atoms with van der Waals surface area (Å²) in [5, 5.41) is 0. The molecule has 2 aromatic rings. The maximum Gasteiger partial charge on any atom is 0.295 e. The van der Waals surface area contributed by atoms with Gasteiger partial charge in [0.1, 0.15) is 10.7 Å². The highest BCUT2D eigenvalue weighted by Gasteiger charge is 2.18. The summed E-state index contributed by atoms with van der Waals surface area (Å²) in [6.07, 6.45) is 0. The number of hydrogen-bond donors (Lipinski definition) is 1. The third-order valence-electron chi connectivity index (χ3n) is 2.63. The van der Waals surface area contributed by atoms with Gasteiger partial charge in [-0.05, 0) is 30.2 Å². The minimum Gasteiger partial charge on any atom is -0.282 e. The van der Waals surface area contributed by atoms with Crippen LogP contribution in [0.4, 0.5) is 4.39 Å². The van der Waals surface area contributed by atoms with Crippen molar-refractivity contribution >= 4 is 10.1 Å². The van der Waals surface area contributed by atoms with Crippen LogP contribution >= 0.6 is 0 Å². The Hall–Kier alpha value is -1.72. The second kappa shape index (κ2) is 4.51. The van der Waals surface area contributed by atoms with Crippen LogP contribution < -0.4 is 0 Å². The lowest BCUT2D eigenvalue weighted by atomic mass is 10.0. The lowest BCUT2D eigenvalue weighted by Crippen LogP contribution is -2.03. The summed E-state index contributed by atoms with van der Waals surface area (Å²) in [6, 6.07) is 10.3. The van der Waals surface area contributed by atoms with Gasteiger partial charge in [0, 0.05) is 5.56 Å². The van der Waals surface area contributed by atoms with E-state index in [-0.39, 0.29) is 4.90 Å². The van der Waals surface area contributed by atoms with Gasteiger partial charge in [-0.25, -0.2) is 4.39 Å². The fourth-order valence-corrected chi connectivity index (χ4v) is 2.79. The standard InChI is InChI=1S/C13H11FO3S/c1-9-3-2-4-12(13(9)18(15,16)17)10-5-7-11(14)8-6-10/h2-8H,1H3,(H,15,16,17). The van der Waals surface area contributed by atoms with Crippen LogP contribution in [-0.4, -0.2) is 13.0 Å². The van der Waals surface area contributed by atoms with Gasteiger partial charge in [-0.3, -0.25) is 4.55 Å². The number of benzene rings is 2. The molecule has 2 rings (SSSR count). The normalized spacial score (nSPS) is 11.5. The molecule has 5 heteroatoms. The minimum atomic E-state index is -4.32. The minimum absolute atomic E-state index is 0.142. The van der Waals surface area contributed by atoms with E-state index in [1.54, 1.807) is 25.1 Å². The van der Waals surface area contributed by atoms with Crippen LogP contribution in [0.15, 0.2) is 47.4 Å². The van der Waals surface area contributed by atoms with Crippen LogP contribution in [0.25, 0.3) is 11.1 Å². The first-order chi connectivity index (χ1) is 8.39. The molecule has 0 saturated carbocycles. The van der Waals surface area contributed by atoms with Crippen molar-refractivity contribution in [2.75, 3.05) is 0 Å². The Kier molecular flexibility index (Phi) is 3.19. The first-order valence-electron chi connectivity index (χ1n) is 5.22. The van der Waals surface area contributed by atoms with E-state index in [4.69, 9.17) is 0 Å². The Morgan fingerprint density at radius 1 is 1.06 bits per heavy atom. The molecule has 0 radical (unpaired) electrons. The van der Waals surface area contributed by atoms with E-state index in [1.165, 1.54) is 24.3 Å². The summed E-state index contributed by atoms with van der Waals surface area (Å²) < 4.78 is 44.9. The van der Waals surface area contributed by atoms with E-state index in [2.05, 4.69) is 0 Å². The van der Waals surface area contributed by atoms with Crippen LogP contribution in [0, 0.1) is 12.7 Å². The van der Waals surface area contributed by atoms with Crippen molar-refractivity contribution in [1.82, 2.24) is 0 Å². The Morgan fingerprint density at radius 3 is 2.22 bits per heavy atom. The smallest absolute Gasteiger partial charge is 0.282 e. The lowest BCUT2D eigenvalue weighted by molar-refractivity contribution is 0.483. The van der Waals surface area contributed by atoms with Crippen LogP contribution in [0.1, 0.15) is 5.56 Å². The summed E-state index contributed by atoms with van der Waals surface area (Å²) >= 11 is 0. The summed E-state index contributed by atoms with van der Waals surface area (Å²) in [7, 11) is -4.32. The lowest BCUT2D eigenvalue weighted by Gasteiger charge is -2.10. The molecule has 0 aliphatic heterocycles. The molecule has 18 heavy (non-hydrogen) atoms. The molecular formula is C13H11FO3S. The fraction of sp³-hybridized carbons (Fsp3) is 0.0769. The molecular weight excluding hydrogens is 255 g/mol. The molecule has 94 valence electrons. The third-order valence-corrected chi connectivity index (χ3v) is 3.68. The summed E-state index contributed by atoms with van der Waals surface area (Å²) in [6.45, 7) is 1.59. The average Bonchev–Trinajstić information content (AvgIpc) is 2.28. The van der Waals surface area contributed by atoms with Gasteiger partial charge in [0.25, 0.3) is 10.1 Å². The number of aryl methyl sites for hydroxylation is 1. The Morgan fingerprint density at radius 2 is 1.67 bits per heavy atom. The predicted octanol–water partition coefficient (Wildman–Crippen LogP) is 3.05. The quantitative estimate of drug-likeness (QED) is 0.850. The van der Waals surface area contributed by atoms with Gasteiger partial charge >= 0.3 is 0 Å². The van der Waals surface area contributed by atoms with Crippen LogP contribution in [-0.2, 0) is 10.1 Å². The zero-order valence-corrected chi connectivity index (χ0v) is 10.4. The topological polar surface area (TPSA) is 54.4 Å². The van der Waals surface area contributed by atoms with E-state index in [9.17, 15) is 17.4 Å². The summed E-state index contributed by atoms with van der Waals surface area (Å²) in [5.41, 5.74) is 1.34. The number of hydrogen-bond acceptors (Lipinski definition) is 2. The van der Waals surface area contributed by atoms with Gasteiger partial charge in [0.15, 0.2) is 0 Å². The first kappa shape index (κ1) is 12.7. The molecule has 0 spiro atoms. The van der Waals surface area contributed by atoms with Gasteiger partial charge in [-0.1, -0.05) is 30.3 Å². The number of rotatable bonds is 2. The predicted molar refractivity (Wildman–Crippen MR) is 66.4 cm³/mol. The molecule has 0 fully saturated rings. The van der Waals surface area contributed by atoms with Crippen LogP contribution in [0.3, 0.4) is 0 Å². The fourth-order valence-electron chi connectivity index (χ4n) is 1.85. The molecule has 3 nitrogen and oxygen atoms in total. The molecule has 0 saturated heterocycles. The highest BCUT2D eigenvalue weighted by atomic mass is 32.2. The zero-order chi connectivity index (χ0) is 13.3. The van der Waals surface area contributed by atoms with Crippen LogP contribution in [0.5, 0.6) is 0 Å². The van der Waals surface area contributed by atoms with Crippen molar-refractivity contribution in [2.45, 2.75) is 11.8 Å². The Labute approximate surface area is 105 Å². The van der Waals surface area contributed by atoms with Crippen molar-refractivity contribution < 1.29 is 17.4 Å². The van der Waals surface area contributed by atoms with Gasteiger partial charge < -0.3 is 0 Å². The second-order valence-electron chi connectivity index (χ2n) is 3.93. The maximum absolute atomic E-state index is 12.8. The molecule has 2 aromatic carbocycles. The molecule has 0 amide bonds. The first-order valence-corrected chi connectivity index (χ1v) is 6.66. The number of halogens is 1. The molecule has 0 unspecified atom stereocenters. The van der Waals surface area contributed by atoms with Crippen molar-refractivity contribution in [1.29, 1.82) is 0 Å². The molecule has 0 aromatic heterocycles. The average molecular weight is 266 g/mol. The van der Waals surface area contributed by atoms with Crippen molar-refractivity contribution in [3.63, 3.8) is 0 Å². The van der Waals surface area contributed by atoms with E-state index < -0.39 is 15.9 Å². The third kappa shape index (κ3) is 2.42. The van der Waals surface area contributed by atoms with E-state index in [0.29, 0.717) is 16.7 Å². The summed E-state index contributed by atoms with van der Waals surface area (Å²) in [5.74, 6) is -0.403. The monoisotopic (exact) mass is 266 g/mol. The SMILES string of the molecule is Cc1cccc(-c2ccc(F)cc2)c1S(=O)(=O)O. The van der Waals surface area contributed by atoms with Crippen LogP contribution in [0.2, 0.25) is 0 Å². The molecule has 0 heterocycles. The van der Waals surface area contributed by atoms with Crippen molar-refractivity contribution in [2.24, 2.45) is 0 Å². The van der Waals surface area contributed by atoms with Crippen molar-refractivity contribution in [3.05, 3.63) is 53.8 Å². The molecule has 0 atom stereocenters. The zero-order valence-electron chi connectivity index (χ0n) is 9.59. The van der Waals surface area contributed by atoms with E-state index >= 15 is 0 Å². The van der Waals surface area contributed by atoms with E-state index in [0.717, 1.165) is 0 Å². The highest BCUT2D eigenvalue weighted by Crippen LogP contribution is 2.29. The van der Waals surface area contributed by atoms with Gasteiger partial charge in [-0.15, -0.1) is 0 Å². The molecule has 1 N–H and O–H groups in total. The second-order valence-corrected chi connectivity index (χ2v) is 5.29. The van der Waals surface area contributed by atoms with Gasteiger partial charge in [-0.2, -0.15) is 8.42 Å². The molecule has 0 aliphatic carbocycles. The Balaban J connectivity index is 2.72. The Bertz CT molecular complexity index is 676. The highest BCUT2D eigenvalue weighted by molar-refractivity contribution is 7.86. The largest absolute Gasteiger partial charge is 0.295 e.